The predicted octanol–water partition coefficient (Wildman–Crippen LogP) is 0.583. The first-order valence-electron chi connectivity index (χ1n) is 6.05. The molecule has 2 atom stereocenters. The van der Waals surface area contributed by atoms with Crippen molar-refractivity contribution in [1.29, 1.82) is 0 Å². The number of carbonyl (C=O) groups is 1. The van der Waals surface area contributed by atoms with Gasteiger partial charge in [0.15, 0.2) is 0 Å². The summed E-state index contributed by atoms with van der Waals surface area (Å²) in [6.45, 7) is 12.7. The Balaban J connectivity index is 2.39. The molecule has 1 amide bonds. The molecule has 2 N–H and O–H groups in total. The molecule has 1 rings (SSSR count). The molecule has 0 aliphatic carbocycles. The van der Waals surface area contributed by atoms with Crippen molar-refractivity contribution in [1.82, 2.24) is 15.5 Å². The molecule has 1 saturated heterocycles. The van der Waals surface area contributed by atoms with E-state index < -0.39 is 0 Å². The highest BCUT2D eigenvalue weighted by atomic mass is 16.2. The largest absolute Gasteiger partial charge is 0.350 e. The first-order chi connectivity index (χ1) is 7.26. The summed E-state index contributed by atoms with van der Waals surface area (Å²) in [6.07, 6.45) is 0. The third-order valence-electron chi connectivity index (χ3n) is 2.51. The Morgan fingerprint density at radius 1 is 1.31 bits per heavy atom. The van der Waals surface area contributed by atoms with E-state index in [0.29, 0.717) is 18.6 Å². The fraction of sp³-hybridized carbons (Fsp3) is 0.917. The lowest BCUT2D eigenvalue weighted by Crippen LogP contribution is -2.56. The minimum Gasteiger partial charge on any atom is -0.350 e. The Labute approximate surface area is 98.8 Å². The number of amides is 1. The van der Waals surface area contributed by atoms with Gasteiger partial charge in [0, 0.05) is 30.7 Å². The highest BCUT2D eigenvalue weighted by Gasteiger charge is 2.23. The van der Waals surface area contributed by atoms with Gasteiger partial charge in [-0.05, 0) is 34.6 Å². The minimum atomic E-state index is -0.137. The number of hydrogen-bond acceptors (Lipinski definition) is 3. The second-order valence-corrected chi connectivity index (χ2v) is 5.96. The summed E-state index contributed by atoms with van der Waals surface area (Å²) >= 11 is 0. The smallest absolute Gasteiger partial charge is 0.234 e. The van der Waals surface area contributed by atoms with Gasteiger partial charge in [0.1, 0.15) is 0 Å². The Bertz CT molecular complexity index is 237. The van der Waals surface area contributed by atoms with Crippen molar-refractivity contribution in [3.05, 3.63) is 0 Å². The maximum Gasteiger partial charge on any atom is 0.234 e. The van der Waals surface area contributed by atoms with Gasteiger partial charge in [0.2, 0.25) is 5.91 Å². The Morgan fingerprint density at radius 2 is 1.81 bits per heavy atom. The van der Waals surface area contributed by atoms with Crippen molar-refractivity contribution in [3.63, 3.8) is 0 Å². The SMILES string of the molecule is CC1CN(CC(=O)NC(C)(C)C)CC(C)N1. The first kappa shape index (κ1) is 13.5. The summed E-state index contributed by atoms with van der Waals surface area (Å²) < 4.78 is 0. The number of nitrogens with zero attached hydrogens (tertiary/aromatic N) is 1. The Hall–Kier alpha value is -0.610. The molecule has 0 saturated carbocycles. The first-order valence-corrected chi connectivity index (χ1v) is 6.05. The monoisotopic (exact) mass is 227 g/mol. The third-order valence-corrected chi connectivity index (χ3v) is 2.51. The topological polar surface area (TPSA) is 44.4 Å². The highest BCUT2D eigenvalue weighted by Crippen LogP contribution is 2.04. The molecular formula is C12H25N3O. The van der Waals surface area contributed by atoms with Gasteiger partial charge in [0.25, 0.3) is 0 Å². The lowest BCUT2D eigenvalue weighted by atomic mass is 10.1. The van der Waals surface area contributed by atoms with Crippen molar-refractivity contribution < 1.29 is 4.79 Å². The van der Waals surface area contributed by atoms with Crippen LogP contribution in [-0.4, -0.2) is 48.1 Å². The van der Waals surface area contributed by atoms with Crippen molar-refractivity contribution in [2.45, 2.75) is 52.2 Å². The molecule has 1 aliphatic heterocycles. The summed E-state index contributed by atoms with van der Waals surface area (Å²) in [5.74, 6) is 0.119. The number of nitrogens with one attached hydrogen (secondary N) is 2. The molecule has 1 heterocycles. The molecule has 4 nitrogen and oxygen atoms in total. The van der Waals surface area contributed by atoms with Gasteiger partial charge < -0.3 is 10.6 Å². The summed E-state index contributed by atoms with van der Waals surface area (Å²) in [6, 6.07) is 0.928. The fourth-order valence-corrected chi connectivity index (χ4v) is 2.23. The van der Waals surface area contributed by atoms with Gasteiger partial charge in [0.05, 0.1) is 6.54 Å². The van der Waals surface area contributed by atoms with Crippen LogP contribution >= 0.6 is 0 Å². The zero-order valence-corrected chi connectivity index (χ0v) is 11.1. The summed E-state index contributed by atoms with van der Waals surface area (Å²) in [5.41, 5.74) is -0.137. The van der Waals surface area contributed by atoms with E-state index in [1.54, 1.807) is 0 Å². The van der Waals surface area contributed by atoms with Crippen LogP contribution in [0.2, 0.25) is 0 Å². The van der Waals surface area contributed by atoms with Gasteiger partial charge in [-0.1, -0.05) is 0 Å². The molecule has 4 heteroatoms. The number of piperazine rings is 1. The molecular weight excluding hydrogens is 202 g/mol. The van der Waals surface area contributed by atoms with Crippen LogP contribution in [-0.2, 0) is 4.79 Å². The van der Waals surface area contributed by atoms with Crippen LogP contribution < -0.4 is 10.6 Å². The lowest BCUT2D eigenvalue weighted by Gasteiger charge is -2.36. The molecule has 1 fully saturated rings. The van der Waals surface area contributed by atoms with Gasteiger partial charge in [-0.2, -0.15) is 0 Å². The quantitative estimate of drug-likeness (QED) is 0.725. The number of carbonyl (C=O) groups excluding carboxylic acids is 1. The Morgan fingerprint density at radius 3 is 2.25 bits per heavy atom. The number of hydrogen-bond donors (Lipinski definition) is 2. The molecule has 2 unspecified atom stereocenters. The average Bonchev–Trinajstić information content (AvgIpc) is 1.96. The van der Waals surface area contributed by atoms with Gasteiger partial charge in [-0.15, -0.1) is 0 Å². The van der Waals surface area contributed by atoms with Crippen LogP contribution in [0.25, 0.3) is 0 Å². The van der Waals surface area contributed by atoms with Crippen LogP contribution in [0.15, 0.2) is 0 Å². The van der Waals surface area contributed by atoms with Gasteiger partial charge in [-0.25, -0.2) is 0 Å². The molecule has 0 aromatic heterocycles. The third kappa shape index (κ3) is 4.94. The molecule has 1 aliphatic rings. The second-order valence-electron chi connectivity index (χ2n) is 5.96. The van der Waals surface area contributed by atoms with Gasteiger partial charge in [-0.3, -0.25) is 9.69 Å². The average molecular weight is 227 g/mol. The molecule has 0 aromatic rings. The second kappa shape index (κ2) is 5.15. The fourth-order valence-electron chi connectivity index (χ4n) is 2.23. The predicted molar refractivity (Wildman–Crippen MR) is 66.4 cm³/mol. The lowest BCUT2D eigenvalue weighted by molar-refractivity contribution is -0.124. The van der Waals surface area contributed by atoms with Crippen LogP contribution in [0.3, 0.4) is 0 Å². The Kier molecular flexibility index (Phi) is 4.33. The molecule has 0 aromatic carbocycles. The van der Waals surface area contributed by atoms with Crippen LogP contribution in [0, 0.1) is 0 Å². The normalized spacial score (nSPS) is 27.8. The zero-order valence-electron chi connectivity index (χ0n) is 11.1. The number of rotatable bonds is 2. The van der Waals surface area contributed by atoms with Crippen LogP contribution in [0.4, 0.5) is 0 Å². The van der Waals surface area contributed by atoms with E-state index >= 15 is 0 Å². The van der Waals surface area contributed by atoms with Gasteiger partial charge >= 0.3 is 0 Å². The van der Waals surface area contributed by atoms with E-state index in [9.17, 15) is 4.79 Å². The van der Waals surface area contributed by atoms with E-state index in [2.05, 4.69) is 29.4 Å². The summed E-state index contributed by atoms with van der Waals surface area (Å²) in [4.78, 5) is 14.0. The van der Waals surface area contributed by atoms with Crippen molar-refractivity contribution in [2.75, 3.05) is 19.6 Å². The van der Waals surface area contributed by atoms with E-state index in [1.807, 2.05) is 20.8 Å². The minimum absolute atomic E-state index is 0.119. The van der Waals surface area contributed by atoms with E-state index in [0.717, 1.165) is 13.1 Å². The zero-order chi connectivity index (χ0) is 12.3. The summed E-state index contributed by atoms with van der Waals surface area (Å²) in [7, 11) is 0. The van der Waals surface area contributed by atoms with Crippen LogP contribution in [0.5, 0.6) is 0 Å². The van der Waals surface area contributed by atoms with Crippen molar-refractivity contribution in [2.24, 2.45) is 0 Å². The molecule has 0 bridgehead atoms. The summed E-state index contributed by atoms with van der Waals surface area (Å²) in [5, 5.41) is 6.45. The maximum absolute atomic E-state index is 11.8. The standard InChI is InChI=1S/C12H25N3O/c1-9-6-15(7-10(2)13-9)8-11(16)14-12(3,4)5/h9-10,13H,6-8H2,1-5H3,(H,14,16). The van der Waals surface area contributed by atoms with E-state index in [1.165, 1.54) is 0 Å². The van der Waals surface area contributed by atoms with Crippen molar-refractivity contribution in [3.8, 4) is 0 Å². The molecule has 94 valence electrons. The molecule has 16 heavy (non-hydrogen) atoms. The van der Waals surface area contributed by atoms with Crippen LogP contribution in [0.1, 0.15) is 34.6 Å². The highest BCUT2D eigenvalue weighted by molar-refractivity contribution is 5.78. The maximum atomic E-state index is 11.8. The van der Waals surface area contributed by atoms with Crippen molar-refractivity contribution >= 4 is 5.91 Å². The molecule has 0 radical (unpaired) electrons. The van der Waals surface area contributed by atoms with E-state index in [-0.39, 0.29) is 11.4 Å². The van der Waals surface area contributed by atoms with E-state index in [4.69, 9.17) is 0 Å². The molecule has 0 spiro atoms.